The predicted octanol–water partition coefficient (Wildman–Crippen LogP) is 2.33. The molecule has 0 radical (unpaired) electrons. The van der Waals surface area contributed by atoms with Gasteiger partial charge in [-0.3, -0.25) is 9.69 Å². The van der Waals surface area contributed by atoms with Crippen LogP contribution in [0.25, 0.3) is 0 Å². The highest BCUT2D eigenvalue weighted by molar-refractivity contribution is 5.84. The Hall–Kier alpha value is -0.370. The average Bonchev–Trinajstić information content (AvgIpc) is 2.99. The lowest BCUT2D eigenvalue weighted by Crippen LogP contribution is -2.33. The minimum Gasteiger partial charge on any atom is -0.298 e. The van der Waals surface area contributed by atoms with Gasteiger partial charge in [-0.15, -0.1) is 0 Å². The number of hydrogen-bond donors (Lipinski definition) is 0. The number of Topliss-reactive ketones (excluding diaryl/α,β-unsaturated/α-hetero) is 1. The molecule has 1 aliphatic rings. The van der Waals surface area contributed by atoms with Gasteiger partial charge in [-0.05, 0) is 25.3 Å². The monoisotopic (exact) mass is 197 g/mol. The summed E-state index contributed by atoms with van der Waals surface area (Å²) in [6.45, 7) is 9.37. The van der Waals surface area contributed by atoms with Gasteiger partial charge in [0.2, 0.25) is 0 Å². The van der Waals surface area contributed by atoms with Crippen molar-refractivity contribution >= 4 is 5.78 Å². The Labute approximate surface area is 87.7 Å². The summed E-state index contributed by atoms with van der Waals surface area (Å²) in [6, 6.07) is 0. The Morgan fingerprint density at radius 3 is 2.50 bits per heavy atom. The molecule has 2 heteroatoms. The van der Waals surface area contributed by atoms with Crippen LogP contribution in [0.5, 0.6) is 0 Å². The maximum absolute atomic E-state index is 11.6. The lowest BCUT2D eigenvalue weighted by atomic mass is 10.1. The van der Waals surface area contributed by atoms with Crippen LogP contribution in [0.2, 0.25) is 0 Å². The Morgan fingerprint density at radius 1 is 1.43 bits per heavy atom. The highest BCUT2D eigenvalue weighted by atomic mass is 16.1. The maximum atomic E-state index is 11.6. The smallest absolute Gasteiger partial charge is 0.149 e. The van der Waals surface area contributed by atoms with E-state index < -0.39 is 0 Å². The minimum atomic E-state index is 0.418. The fraction of sp³-hybridized carbons (Fsp3) is 0.917. The molecule has 1 saturated carbocycles. The zero-order valence-electron chi connectivity index (χ0n) is 9.75. The zero-order valence-corrected chi connectivity index (χ0v) is 9.75. The van der Waals surface area contributed by atoms with E-state index in [1.165, 1.54) is 6.42 Å². The van der Waals surface area contributed by atoms with Crippen LogP contribution in [-0.2, 0) is 4.79 Å². The second-order valence-corrected chi connectivity index (χ2v) is 4.58. The van der Waals surface area contributed by atoms with E-state index in [9.17, 15) is 4.79 Å². The van der Waals surface area contributed by atoms with Crippen molar-refractivity contribution in [3.63, 3.8) is 0 Å². The van der Waals surface area contributed by atoms with Gasteiger partial charge in [0.25, 0.3) is 0 Å². The molecule has 0 aromatic heterocycles. The van der Waals surface area contributed by atoms with Crippen molar-refractivity contribution in [2.75, 3.05) is 19.6 Å². The number of carbonyl (C=O) groups excluding carboxylic acids is 1. The molecular weight excluding hydrogens is 174 g/mol. The fourth-order valence-corrected chi connectivity index (χ4v) is 1.63. The Bertz CT molecular complexity index is 187. The number of nitrogens with zero attached hydrogens (tertiary/aromatic N) is 1. The standard InChI is InChI=1S/C12H23NO/c1-4-10(3)8-13(5-2)9-12(14)11-6-7-11/h10-11H,4-9H2,1-3H3. The number of likely N-dealkylation sites (N-methyl/N-ethyl adjacent to an activating group) is 1. The molecule has 0 N–H and O–H groups in total. The van der Waals surface area contributed by atoms with Crippen molar-refractivity contribution in [2.45, 2.75) is 40.0 Å². The first-order valence-corrected chi connectivity index (χ1v) is 5.92. The average molecular weight is 197 g/mol. The van der Waals surface area contributed by atoms with Gasteiger partial charge in [0.15, 0.2) is 0 Å². The molecule has 0 saturated heterocycles. The second-order valence-electron chi connectivity index (χ2n) is 4.58. The normalized spacial score (nSPS) is 18.6. The molecule has 1 rings (SSSR count). The van der Waals surface area contributed by atoms with Crippen molar-refractivity contribution in [3.8, 4) is 0 Å². The van der Waals surface area contributed by atoms with Crippen molar-refractivity contribution in [3.05, 3.63) is 0 Å². The molecule has 1 fully saturated rings. The summed E-state index contributed by atoms with van der Waals surface area (Å²) >= 11 is 0. The van der Waals surface area contributed by atoms with Gasteiger partial charge in [0.05, 0.1) is 6.54 Å². The summed E-state index contributed by atoms with van der Waals surface area (Å²) in [6.07, 6.45) is 3.48. The van der Waals surface area contributed by atoms with E-state index in [0.717, 1.165) is 25.9 Å². The summed E-state index contributed by atoms with van der Waals surface area (Å²) in [5.74, 6) is 1.60. The molecule has 0 aromatic carbocycles. The quantitative estimate of drug-likeness (QED) is 0.624. The Kier molecular flexibility index (Phi) is 4.59. The third-order valence-electron chi connectivity index (χ3n) is 3.13. The van der Waals surface area contributed by atoms with Crippen molar-refractivity contribution in [2.24, 2.45) is 11.8 Å². The summed E-state index contributed by atoms with van der Waals surface area (Å²) in [4.78, 5) is 13.9. The molecule has 0 heterocycles. The molecule has 0 amide bonds. The summed E-state index contributed by atoms with van der Waals surface area (Å²) in [7, 11) is 0. The van der Waals surface area contributed by atoms with Crippen LogP contribution in [0.4, 0.5) is 0 Å². The summed E-state index contributed by atoms with van der Waals surface area (Å²) in [5, 5.41) is 0. The van der Waals surface area contributed by atoms with Gasteiger partial charge in [-0.25, -0.2) is 0 Å². The van der Waals surface area contributed by atoms with Crippen molar-refractivity contribution in [1.29, 1.82) is 0 Å². The van der Waals surface area contributed by atoms with E-state index >= 15 is 0 Å². The van der Waals surface area contributed by atoms with Crippen LogP contribution in [0.1, 0.15) is 40.0 Å². The fourth-order valence-electron chi connectivity index (χ4n) is 1.63. The molecule has 0 spiro atoms. The molecule has 1 unspecified atom stereocenters. The first-order valence-electron chi connectivity index (χ1n) is 5.92. The molecule has 14 heavy (non-hydrogen) atoms. The van der Waals surface area contributed by atoms with Crippen molar-refractivity contribution < 1.29 is 4.79 Å². The van der Waals surface area contributed by atoms with Gasteiger partial charge in [0.1, 0.15) is 5.78 Å². The number of rotatable bonds is 7. The van der Waals surface area contributed by atoms with Crippen LogP contribution < -0.4 is 0 Å². The van der Waals surface area contributed by atoms with Gasteiger partial charge in [-0.1, -0.05) is 27.2 Å². The van der Waals surface area contributed by atoms with E-state index in [4.69, 9.17) is 0 Å². The third-order valence-corrected chi connectivity index (χ3v) is 3.13. The van der Waals surface area contributed by atoms with E-state index in [1.807, 2.05) is 0 Å². The molecule has 0 aliphatic heterocycles. The lowest BCUT2D eigenvalue weighted by Gasteiger charge is -2.22. The predicted molar refractivity (Wildman–Crippen MR) is 59.3 cm³/mol. The minimum absolute atomic E-state index is 0.418. The molecule has 0 bridgehead atoms. The zero-order chi connectivity index (χ0) is 10.6. The van der Waals surface area contributed by atoms with Crippen LogP contribution >= 0.6 is 0 Å². The van der Waals surface area contributed by atoms with Crippen LogP contribution in [-0.4, -0.2) is 30.3 Å². The van der Waals surface area contributed by atoms with Crippen molar-refractivity contribution in [1.82, 2.24) is 4.90 Å². The molecule has 2 nitrogen and oxygen atoms in total. The highest BCUT2D eigenvalue weighted by Gasteiger charge is 2.30. The molecule has 1 aliphatic carbocycles. The SMILES string of the molecule is CCC(C)CN(CC)CC(=O)C1CC1. The largest absolute Gasteiger partial charge is 0.298 e. The van der Waals surface area contributed by atoms with Gasteiger partial charge in [-0.2, -0.15) is 0 Å². The highest BCUT2D eigenvalue weighted by Crippen LogP contribution is 2.30. The van der Waals surface area contributed by atoms with E-state index in [2.05, 4.69) is 25.7 Å². The van der Waals surface area contributed by atoms with E-state index in [0.29, 0.717) is 24.2 Å². The molecular formula is C12H23NO. The van der Waals surface area contributed by atoms with Crippen LogP contribution in [0.3, 0.4) is 0 Å². The second kappa shape index (κ2) is 5.50. The number of hydrogen-bond acceptors (Lipinski definition) is 2. The van der Waals surface area contributed by atoms with Crippen LogP contribution in [0, 0.1) is 11.8 Å². The Balaban J connectivity index is 2.26. The lowest BCUT2D eigenvalue weighted by molar-refractivity contribution is -0.121. The Morgan fingerprint density at radius 2 is 2.07 bits per heavy atom. The summed E-state index contributed by atoms with van der Waals surface area (Å²) in [5.41, 5.74) is 0. The van der Waals surface area contributed by atoms with Crippen LogP contribution in [0.15, 0.2) is 0 Å². The molecule has 1 atom stereocenters. The first-order chi connectivity index (χ1) is 6.67. The third kappa shape index (κ3) is 3.79. The van der Waals surface area contributed by atoms with Gasteiger partial charge < -0.3 is 0 Å². The van der Waals surface area contributed by atoms with Gasteiger partial charge in [0, 0.05) is 12.5 Å². The summed E-state index contributed by atoms with van der Waals surface area (Å²) < 4.78 is 0. The van der Waals surface area contributed by atoms with Gasteiger partial charge >= 0.3 is 0 Å². The number of ketones is 1. The number of carbonyl (C=O) groups is 1. The maximum Gasteiger partial charge on any atom is 0.149 e. The first kappa shape index (κ1) is 11.7. The molecule has 82 valence electrons. The topological polar surface area (TPSA) is 20.3 Å². The van der Waals surface area contributed by atoms with E-state index in [-0.39, 0.29) is 0 Å². The molecule has 0 aromatic rings. The van der Waals surface area contributed by atoms with E-state index in [1.54, 1.807) is 0 Å².